The molecule has 0 saturated heterocycles. The van der Waals surface area contributed by atoms with E-state index in [1.807, 2.05) is 6.92 Å². The summed E-state index contributed by atoms with van der Waals surface area (Å²) in [5.41, 5.74) is 1.36. The number of sulfonamides is 1. The van der Waals surface area contributed by atoms with Crippen LogP contribution < -0.4 is 4.31 Å². The molecule has 17 heavy (non-hydrogen) atoms. The van der Waals surface area contributed by atoms with E-state index in [-0.39, 0.29) is 5.75 Å². The van der Waals surface area contributed by atoms with Gasteiger partial charge in [-0.05, 0) is 26.0 Å². The van der Waals surface area contributed by atoms with Crippen LogP contribution in [0.1, 0.15) is 12.5 Å². The summed E-state index contributed by atoms with van der Waals surface area (Å²) in [4.78, 5) is 10.7. The number of carboxylic acids is 1. The molecular weight excluding hydrogens is 242 g/mol. The van der Waals surface area contributed by atoms with Crippen molar-refractivity contribution in [1.29, 1.82) is 0 Å². The maximum absolute atomic E-state index is 11.8. The Morgan fingerprint density at radius 3 is 2.24 bits per heavy atom. The van der Waals surface area contributed by atoms with Gasteiger partial charge in [0.2, 0.25) is 10.0 Å². The molecular formula is C11H15NO4S. The molecule has 0 aromatic heterocycles. The number of nitrogens with zero attached hydrogens (tertiary/aromatic N) is 1. The summed E-state index contributed by atoms with van der Waals surface area (Å²) in [7, 11) is -3.57. The standard InChI is InChI=1S/C11H15NO4S/c1-3-17(15,16)12(8-11(13)14)10-6-4-9(2)5-7-10/h4-7H,3,8H2,1-2H3,(H,13,14). The molecule has 0 heterocycles. The molecule has 0 atom stereocenters. The van der Waals surface area contributed by atoms with Gasteiger partial charge in [-0.25, -0.2) is 8.42 Å². The Bertz CT molecular complexity index is 493. The number of hydrogen-bond acceptors (Lipinski definition) is 3. The quantitative estimate of drug-likeness (QED) is 0.861. The first kappa shape index (κ1) is 13.5. The molecule has 5 nitrogen and oxygen atoms in total. The highest BCUT2D eigenvalue weighted by Gasteiger charge is 2.22. The fourth-order valence-electron chi connectivity index (χ4n) is 1.34. The third kappa shape index (κ3) is 3.45. The van der Waals surface area contributed by atoms with Crippen molar-refractivity contribution in [1.82, 2.24) is 0 Å². The fourth-order valence-corrected chi connectivity index (χ4v) is 2.40. The second-order valence-corrected chi connectivity index (χ2v) is 5.82. The van der Waals surface area contributed by atoms with Crippen molar-refractivity contribution < 1.29 is 18.3 Å². The van der Waals surface area contributed by atoms with Crippen molar-refractivity contribution in [3.63, 3.8) is 0 Å². The Hall–Kier alpha value is -1.56. The predicted molar refractivity (Wildman–Crippen MR) is 65.6 cm³/mol. The molecule has 0 aliphatic carbocycles. The first-order chi connectivity index (χ1) is 7.86. The fraction of sp³-hybridized carbons (Fsp3) is 0.364. The molecule has 0 aliphatic rings. The Kier molecular flexibility index (Phi) is 4.11. The third-order valence-corrected chi connectivity index (χ3v) is 4.04. The lowest BCUT2D eigenvalue weighted by Crippen LogP contribution is -2.36. The molecule has 94 valence electrons. The molecule has 0 unspecified atom stereocenters. The third-order valence-electron chi connectivity index (χ3n) is 2.30. The zero-order valence-corrected chi connectivity index (χ0v) is 10.6. The highest BCUT2D eigenvalue weighted by molar-refractivity contribution is 7.92. The van der Waals surface area contributed by atoms with Crippen LogP contribution in [0, 0.1) is 6.92 Å². The number of aryl methyl sites for hydroxylation is 1. The van der Waals surface area contributed by atoms with Gasteiger partial charge in [-0.2, -0.15) is 0 Å². The molecule has 1 rings (SSSR count). The Balaban J connectivity index is 3.15. The second-order valence-electron chi connectivity index (χ2n) is 3.64. The van der Waals surface area contributed by atoms with E-state index in [1.54, 1.807) is 24.3 Å². The van der Waals surface area contributed by atoms with Crippen LogP contribution in [0.2, 0.25) is 0 Å². The van der Waals surface area contributed by atoms with Crippen LogP contribution in [-0.2, 0) is 14.8 Å². The maximum Gasteiger partial charge on any atom is 0.324 e. The summed E-state index contributed by atoms with van der Waals surface area (Å²) in [5, 5.41) is 8.75. The summed E-state index contributed by atoms with van der Waals surface area (Å²) in [6.07, 6.45) is 0. The molecule has 0 bridgehead atoms. The minimum absolute atomic E-state index is 0.131. The molecule has 1 aromatic rings. The van der Waals surface area contributed by atoms with Gasteiger partial charge in [-0.3, -0.25) is 9.10 Å². The molecule has 0 fully saturated rings. The zero-order chi connectivity index (χ0) is 13.1. The van der Waals surface area contributed by atoms with Crippen LogP contribution in [0.4, 0.5) is 5.69 Å². The SMILES string of the molecule is CCS(=O)(=O)N(CC(=O)O)c1ccc(C)cc1. The molecule has 0 spiro atoms. The number of hydrogen-bond donors (Lipinski definition) is 1. The van der Waals surface area contributed by atoms with Crippen molar-refractivity contribution in [3.8, 4) is 0 Å². The summed E-state index contributed by atoms with van der Waals surface area (Å²) in [6.45, 7) is 2.80. The van der Waals surface area contributed by atoms with Gasteiger partial charge < -0.3 is 5.11 Å². The normalized spacial score (nSPS) is 11.2. The molecule has 0 radical (unpaired) electrons. The van der Waals surface area contributed by atoms with Gasteiger partial charge in [0.25, 0.3) is 0 Å². The van der Waals surface area contributed by atoms with Crippen LogP contribution in [-0.4, -0.2) is 31.8 Å². The number of benzene rings is 1. The summed E-state index contributed by atoms with van der Waals surface area (Å²) < 4.78 is 24.5. The summed E-state index contributed by atoms with van der Waals surface area (Å²) in [6, 6.07) is 6.70. The minimum atomic E-state index is -3.57. The Labute approximate surface area is 101 Å². The smallest absolute Gasteiger partial charge is 0.324 e. The van der Waals surface area contributed by atoms with Gasteiger partial charge in [0, 0.05) is 0 Å². The minimum Gasteiger partial charge on any atom is -0.480 e. The van der Waals surface area contributed by atoms with Gasteiger partial charge in [0.15, 0.2) is 0 Å². The van der Waals surface area contributed by atoms with Crippen molar-refractivity contribution in [2.24, 2.45) is 0 Å². The van der Waals surface area contributed by atoms with Crippen LogP contribution >= 0.6 is 0 Å². The van der Waals surface area contributed by atoms with Crippen LogP contribution in [0.25, 0.3) is 0 Å². The monoisotopic (exact) mass is 257 g/mol. The van der Waals surface area contributed by atoms with Gasteiger partial charge >= 0.3 is 5.97 Å². The number of rotatable bonds is 5. The van der Waals surface area contributed by atoms with E-state index in [0.29, 0.717) is 5.69 Å². The first-order valence-corrected chi connectivity index (χ1v) is 6.76. The number of carbonyl (C=O) groups is 1. The summed E-state index contributed by atoms with van der Waals surface area (Å²) >= 11 is 0. The van der Waals surface area contributed by atoms with E-state index in [9.17, 15) is 13.2 Å². The molecule has 6 heteroatoms. The molecule has 1 aromatic carbocycles. The van der Waals surface area contributed by atoms with E-state index in [1.165, 1.54) is 6.92 Å². The lowest BCUT2D eigenvalue weighted by atomic mass is 10.2. The topological polar surface area (TPSA) is 74.7 Å². The van der Waals surface area contributed by atoms with E-state index < -0.39 is 22.5 Å². The number of aliphatic carboxylic acids is 1. The van der Waals surface area contributed by atoms with Crippen LogP contribution in [0.15, 0.2) is 24.3 Å². The largest absolute Gasteiger partial charge is 0.480 e. The van der Waals surface area contributed by atoms with Gasteiger partial charge in [-0.15, -0.1) is 0 Å². The van der Waals surface area contributed by atoms with E-state index in [4.69, 9.17) is 5.11 Å². The average Bonchev–Trinajstić information content (AvgIpc) is 2.27. The van der Waals surface area contributed by atoms with Crippen molar-refractivity contribution in [2.75, 3.05) is 16.6 Å². The van der Waals surface area contributed by atoms with E-state index in [2.05, 4.69) is 0 Å². The van der Waals surface area contributed by atoms with Gasteiger partial charge in [-0.1, -0.05) is 17.7 Å². The highest BCUT2D eigenvalue weighted by Crippen LogP contribution is 2.18. The number of carboxylic acid groups (broad SMARTS) is 1. The summed E-state index contributed by atoms with van der Waals surface area (Å²) in [5.74, 6) is -1.31. The maximum atomic E-state index is 11.8. The Morgan fingerprint density at radius 1 is 1.29 bits per heavy atom. The van der Waals surface area contributed by atoms with Crippen molar-refractivity contribution in [3.05, 3.63) is 29.8 Å². The zero-order valence-electron chi connectivity index (χ0n) is 9.75. The van der Waals surface area contributed by atoms with Gasteiger partial charge in [0.1, 0.15) is 6.54 Å². The second kappa shape index (κ2) is 5.18. The lowest BCUT2D eigenvalue weighted by molar-refractivity contribution is -0.135. The Morgan fingerprint density at radius 2 is 1.82 bits per heavy atom. The predicted octanol–water partition coefficient (Wildman–Crippen LogP) is 1.24. The van der Waals surface area contributed by atoms with Crippen molar-refractivity contribution >= 4 is 21.7 Å². The van der Waals surface area contributed by atoms with E-state index in [0.717, 1.165) is 9.87 Å². The molecule has 0 amide bonds. The molecule has 0 saturated carbocycles. The number of anilines is 1. The molecule has 1 N–H and O–H groups in total. The van der Waals surface area contributed by atoms with E-state index >= 15 is 0 Å². The highest BCUT2D eigenvalue weighted by atomic mass is 32.2. The first-order valence-electron chi connectivity index (χ1n) is 5.15. The van der Waals surface area contributed by atoms with Crippen LogP contribution in [0.5, 0.6) is 0 Å². The van der Waals surface area contributed by atoms with Gasteiger partial charge in [0.05, 0.1) is 11.4 Å². The lowest BCUT2D eigenvalue weighted by Gasteiger charge is -2.21. The average molecular weight is 257 g/mol. The molecule has 0 aliphatic heterocycles. The van der Waals surface area contributed by atoms with Crippen LogP contribution in [0.3, 0.4) is 0 Å². The van der Waals surface area contributed by atoms with Crippen molar-refractivity contribution in [2.45, 2.75) is 13.8 Å².